The molecule has 7 nitrogen and oxygen atoms in total. The average molecular weight is 497 g/mol. The SMILES string of the molecule is CCOc1cc(C#N)cc(Br)c1OCC(=O)N(C)CCCc1cc(-c2ccccc2)n[nH]1. The van der Waals surface area contributed by atoms with E-state index in [1.165, 1.54) is 0 Å². The Hall–Kier alpha value is -3.31. The molecule has 0 aliphatic heterocycles. The molecule has 0 unspecified atom stereocenters. The van der Waals surface area contributed by atoms with Gasteiger partial charge in [0.1, 0.15) is 0 Å². The second kappa shape index (κ2) is 11.3. The zero-order valence-electron chi connectivity index (χ0n) is 18.1. The quantitative estimate of drug-likeness (QED) is 0.443. The molecule has 0 bridgehead atoms. The number of nitrogens with one attached hydrogen (secondary N) is 1. The number of nitrogens with zero attached hydrogens (tertiary/aromatic N) is 3. The van der Waals surface area contributed by atoms with Crippen LogP contribution in [0.15, 0.2) is 53.0 Å². The van der Waals surface area contributed by atoms with E-state index in [0.717, 1.165) is 29.8 Å². The molecular weight excluding hydrogens is 472 g/mol. The molecule has 0 atom stereocenters. The summed E-state index contributed by atoms with van der Waals surface area (Å²) < 4.78 is 11.9. The zero-order chi connectivity index (χ0) is 22.9. The van der Waals surface area contributed by atoms with E-state index >= 15 is 0 Å². The fourth-order valence-electron chi connectivity index (χ4n) is 3.16. The highest BCUT2D eigenvalue weighted by Crippen LogP contribution is 2.36. The van der Waals surface area contributed by atoms with Crippen LogP contribution in [0.1, 0.15) is 24.6 Å². The standard InChI is InChI=1S/C24H25BrN4O3/c1-3-31-22-13-17(15-26)12-20(25)24(22)32-16-23(30)29(2)11-7-10-19-14-21(28-27-19)18-8-5-4-6-9-18/h4-6,8-9,12-14H,3,7,10-11,16H2,1-2H3,(H,27,28). The number of hydrogen-bond acceptors (Lipinski definition) is 5. The largest absolute Gasteiger partial charge is 0.490 e. The lowest BCUT2D eigenvalue weighted by atomic mass is 10.1. The van der Waals surface area contributed by atoms with Crippen molar-refractivity contribution in [1.82, 2.24) is 15.1 Å². The molecule has 0 aliphatic rings. The van der Waals surface area contributed by atoms with Crippen LogP contribution in [0.3, 0.4) is 0 Å². The minimum absolute atomic E-state index is 0.122. The topological polar surface area (TPSA) is 91.2 Å². The van der Waals surface area contributed by atoms with Gasteiger partial charge in [-0.2, -0.15) is 10.4 Å². The van der Waals surface area contributed by atoms with Gasteiger partial charge in [0, 0.05) is 30.9 Å². The Kier molecular flexibility index (Phi) is 8.28. The molecule has 0 saturated carbocycles. The van der Waals surface area contributed by atoms with Crippen molar-refractivity contribution < 1.29 is 14.3 Å². The van der Waals surface area contributed by atoms with Crippen molar-refractivity contribution in [3.63, 3.8) is 0 Å². The normalized spacial score (nSPS) is 10.4. The van der Waals surface area contributed by atoms with E-state index in [-0.39, 0.29) is 12.5 Å². The van der Waals surface area contributed by atoms with Gasteiger partial charge < -0.3 is 14.4 Å². The Morgan fingerprint density at radius 3 is 2.72 bits per heavy atom. The number of carbonyl (C=O) groups is 1. The lowest BCUT2D eigenvalue weighted by molar-refractivity contribution is -0.132. The summed E-state index contributed by atoms with van der Waals surface area (Å²) in [6.45, 7) is 2.74. The van der Waals surface area contributed by atoms with E-state index in [4.69, 9.17) is 14.7 Å². The van der Waals surface area contributed by atoms with Crippen molar-refractivity contribution in [3.05, 3.63) is 64.3 Å². The summed E-state index contributed by atoms with van der Waals surface area (Å²) in [4.78, 5) is 14.2. The number of ether oxygens (including phenoxy) is 2. The van der Waals surface area contributed by atoms with Crippen LogP contribution in [0.5, 0.6) is 11.5 Å². The second-order valence-electron chi connectivity index (χ2n) is 7.18. The summed E-state index contributed by atoms with van der Waals surface area (Å²) in [5.74, 6) is 0.708. The lowest BCUT2D eigenvalue weighted by Crippen LogP contribution is -2.32. The summed E-state index contributed by atoms with van der Waals surface area (Å²) in [6.07, 6.45) is 1.58. The third-order valence-electron chi connectivity index (χ3n) is 4.84. The molecule has 8 heteroatoms. The van der Waals surface area contributed by atoms with Crippen LogP contribution in [-0.2, 0) is 11.2 Å². The molecule has 1 heterocycles. The van der Waals surface area contributed by atoms with Crippen molar-refractivity contribution in [2.45, 2.75) is 19.8 Å². The fraction of sp³-hybridized carbons (Fsp3) is 0.292. The first-order valence-electron chi connectivity index (χ1n) is 10.3. The molecule has 3 rings (SSSR count). The molecular formula is C24H25BrN4O3. The molecule has 3 aromatic rings. The maximum atomic E-state index is 12.5. The minimum atomic E-state index is -0.140. The number of likely N-dealkylation sites (N-methyl/N-ethyl adjacent to an activating group) is 1. The Balaban J connectivity index is 1.50. The van der Waals surface area contributed by atoms with Crippen LogP contribution < -0.4 is 9.47 Å². The van der Waals surface area contributed by atoms with Gasteiger partial charge in [-0.15, -0.1) is 0 Å². The molecule has 0 saturated heterocycles. The Morgan fingerprint density at radius 2 is 2.00 bits per heavy atom. The Morgan fingerprint density at radius 1 is 1.22 bits per heavy atom. The smallest absolute Gasteiger partial charge is 0.260 e. The highest BCUT2D eigenvalue weighted by molar-refractivity contribution is 9.10. The Bertz CT molecular complexity index is 1090. The molecule has 166 valence electrons. The highest BCUT2D eigenvalue weighted by Gasteiger charge is 2.16. The van der Waals surface area contributed by atoms with Gasteiger partial charge in [0.2, 0.25) is 0 Å². The summed E-state index contributed by atoms with van der Waals surface area (Å²) in [6, 6.07) is 17.4. The summed E-state index contributed by atoms with van der Waals surface area (Å²) in [5, 5.41) is 16.6. The van der Waals surface area contributed by atoms with E-state index in [1.807, 2.05) is 43.3 Å². The number of aromatic nitrogens is 2. The number of carbonyl (C=O) groups excluding carboxylic acids is 1. The number of aryl methyl sites for hydroxylation is 1. The number of amides is 1. The molecule has 0 fully saturated rings. The molecule has 2 aromatic carbocycles. The fourth-order valence-corrected chi connectivity index (χ4v) is 3.71. The Labute approximate surface area is 196 Å². The van der Waals surface area contributed by atoms with Crippen molar-refractivity contribution in [1.29, 1.82) is 5.26 Å². The van der Waals surface area contributed by atoms with Crippen LogP contribution in [-0.4, -0.2) is 47.8 Å². The first-order chi connectivity index (χ1) is 15.5. The van der Waals surface area contributed by atoms with Gasteiger partial charge in [0.05, 0.1) is 28.4 Å². The summed E-state index contributed by atoms with van der Waals surface area (Å²) >= 11 is 3.39. The summed E-state index contributed by atoms with van der Waals surface area (Å²) in [5.41, 5.74) is 3.46. The van der Waals surface area contributed by atoms with E-state index in [0.29, 0.717) is 34.7 Å². The van der Waals surface area contributed by atoms with Gasteiger partial charge in [-0.1, -0.05) is 30.3 Å². The van der Waals surface area contributed by atoms with Crippen molar-refractivity contribution in [3.8, 4) is 28.8 Å². The average Bonchev–Trinajstić information content (AvgIpc) is 3.27. The molecule has 1 amide bonds. The van der Waals surface area contributed by atoms with Gasteiger partial charge in [-0.05, 0) is 47.8 Å². The molecule has 1 N–H and O–H groups in total. The third kappa shape index (κ3) is 6.11. The number of halogens is 1. The van der Waals surface area contributed by atoms with Gasteiger partial charge in [0.15, 0.2) is 18.1 Å². The predicted molar refractivity (Wildman–Crippen MR) is 126 cm³/mol. The third-order valence-corrected chi connectivity index (χ3v) is 5.43. The van der Waals surface area contributed by atoms with Crippen molar-refractivity contribution in [2.24, 2.45) is 0 Å². The van der Waals surface area contributed by atoms with E-state index in [2.05, 4.69) is 32.2 Å². The van der Waals surface area contributed by atoms with Crippen molar-refractivity contribution in [2.75, 3.05) is 26.8 Å². The number of H-pyrrole nitrogens is 1. The number of hydrogen-bond donors (Lipinski definition) is 1. The molecule has 0 aliphatic carbocycles. The van der Waals surface area contributed by atoms with Gasteiger partial charge in [-0.3, -0.25) is 9.89 Å². The minimum Gasteiger partial charge on any atom is -0.490 e. The number of rotatable bonds is 10. The highest BCUT2D eigenvalue weighted by atomic mass is 79.9. The van der Waals surface area contributed by atoms with Crippen LogP contribution in [0, 0.1) is 11.3 Å². The number of benzene rings is 2. The monoisotopic (exact) mass is 496 g/mol. The van der Waals surface area contributed by atoms with Crippen LogP contribution >= 0.6 is 15.9 Å². The summed E-state index contributed by atoms with van der Waals surface area (Å²) in [7, 11) is 1.76. The maximum absolute atomic E-state index is 12.5. The lowest BCUT2D eigenvalue weighted by Gasteiger charge is -2.19. The van der Waals surface area contributed by atoms with E-state index < -0.39 is 0 Å². The van der Waals surface area contributed by atoms with Crippen LogP contribution in [0.25, 0.3) is 11.3 Å². The molecule has 0 spiro atoms. The molecule has 1 aromatic heterocycles. The first kappa shape index (κ1) is 23.4. The zero-order valence-corrected chi connectivity index (χ0v) is 19.7. The molecule has 32 heavy (non-hydrogen) atoms. The van der Waals surface area contributed by atoms with E-state index in [9.17, 15) is 4.79 Å². The van der Waals surface area contributed by atoms with E-state index in [1.54, 1.807) is 24.1 Å². The first-order valence-corrected chi connectivity index (χ1v) is 11.1. The van der Waals surface area contributed by atoms with Crippen LogP contribution in [0.2, 0.25) is 0 Å². The van der Waals surface area contributed by atoms with Crippen molar-refractivity contribution >= 4 is 21.8 Å². The van der Waals surface area contributed by atoms with Gasteiger partial charge in [-0.25, -0.2) is 0 Å². The number of nitriles is 1. The maximum Gasteiger partial charge on any atom is 0.260 e. The van der Waals surface area contributed by atoms with Crippen LogP contribution in [0.4, 0.5) is 0 Å². The predicted octanol–water partition coefficient (Wildman–Crippen LogP) is 4.58. The second-order valence-corrected chi connectivity index (χ2v) is 8.04. The molecule has 0 radical (unpaired) electrons. The van der Waals surface area contributed by atoms with Gasteiger partial charge in [0.25, 0.3) is 5.91 Å². The van der Waals surface area contributed by atoms with Gasteiger partial charge >= 0.3 is 0 Å². The number of aromatic amines is 1.